The second-order valence-corrected chi connectivity index (χ2v) is 9.41. The van der Waals surface area contributed by atoms with Crippen LogP contribution in [0, 0.1) is 12.5 Å². The third-order valence-corrected chi connectivity index (χ3v) is 2.96. The zero-order valence-corrected chi connectivity index (χ0v) is 17.7. The van der Waals surface area contributed by atoms with Crippen molar-refractivity contribution in [1.29, 1.82) is 0 Å². The zero-order valence-electron chi connectivity index (χ0n) is 13.0. The van der Waals surface area contributed by atoms with Gasteiger partial charge in [-0.3, -0.25) is 5.57 Å². The van der Waals surface area contributed by atoms with Crippen LogP contribution >= 0.6 is 18.4 Å². The molecule has 0 bridgehead atoms. The Morgan fingerprint density at radius 3 is 2.25 bits per heavy atom. The van der Waals surface area contributed by atoms with Gasteiger partial charge in [0.2, 0.25) is 0 Å². The molecule has 0 unspecified atom stereocenters. The Kier molecular flexibility index (Phi) is 26.0. The molecule has 0 amide bonds. The topological polar surface area (TPSA) is 20.2 Å². The molecule has 0 saturated carbocycles. The second kappa shape index (κ2) is 22.3. The van der Waals surface area contributed by atoms with E-state index in [-0.39, 0.29) is 6.61 Å². The molecular weight excluding hydrogens is 460 g/mol. The van der Waals surface area contributed by atoms with E-state index in [2.05, 4.69) is 26.3 Å². The third-order valence-electron chi connectivity index (χ3n) is 2.96. The van der Waals surface area contributed by atoms with E-state index < -0.39 is 17.6 Å². The third kappa shape index (κ3) is 21.3. The molecule has 0 aliphatic carbocycles. The van der Waals surface area contributed by atoms with Crippen molar-refractivity contribution in [2.24, 2.45) is 0 Å². The van der Waals surface area contributed by atoms with Crippen molar-refractivity contribution in [1.82, 2.24) is 0 Å². The van der Waals surface area contributed by atoms with Crippen LogP contribution in [0.1, 0.15) is 78.1 Å². The number of aliphatic hydroxyl groups excluding tert-OH is 1. The molecule has 0 fully saturated rings. The SMILES string of the molecule is CCCCC[C-]=C(C[CH-]CCO)CCCCC.[Cl][Ta][Cl]. The molecule has 1 N–H and O–H groups in total. The molecule has 0 aliphatic rings. The van der Waals surface area contributed by atoms with Crippen LogP contribution < -0.4 is 0 Å². The van der Waals surface area contributed by atoms with Gasteiger partial charge in [0.15, 0.2) is 0 Å². The van der Waals surface area contributed by atoms with Gasteiger partial charge in [-0.2, -0.15) is 19.3 Å². The first-order chi connectivity index (χ1) is 9.76. The molecule has 0 rings (SSSR count). The summed E-state index contributed by atoms with van der Waals surface area (Å²) in [5, 5.41) is 8.78. The molecule has 0 heterocycles. The molecule has 0 aromatic heterocycles. The maximum absolute atomic E-state index is 8.78. The fraction of sp³-hybridized carbons (Fsp3) is 0.812. The van der Waals surface area contributed by atoms with E-state index in [0.29, 0.717) is 0 Å². The first-order valence-electron chi connectivity index (χ1n) is 7.70. The molecule has 0 atom stereocenters. The van der Waals surface area contributed by atoms with Gasteiger partial charge in [-0.15, -0.1) is 0 Å². The Labute approximate surface area is 143 Å². The number of rotatable bonds is 12. The molecule has 0 radical (unpaired) electrons. The Balaban J connectivity index is 0. The van der Waals surface area contributed by atoms with Gasteiger partial charge in [0.25, 0.3) is 0 Å². The van der Waals surface area contributed by atoms with Gasteiger partial charge in [0.1, 0.15) is 0 Å². The average Bonchev–Trinajstić information content (AvgIpc) is 2.44. The number of hydrogen-bond acceptors (Lipinski definition) is 1. The summed E-state index contributed by atoms with van der Waals surface area (Å²) in [4.78, 5) is 0. The molecule has 20 heavy (non-hydrogen) atoms. The minimum atomic E-state index is -0.889. The molecule has 0 aromatic rings. The van der Waals surface area contributed by atoms with Crippen molar-refractivity contribution in [2.45, 2.75) is 78.1 Å². The number of halogens is 2. The molecule has 0 aliphatic heterocycles. The van der Waals surface area contributed by atoms with Crippen molar-refractivity contribution >= 4 is 18.4 Å². The second-order valence-electron chi connectivity index (χ2n) is 4.76. The first kappa shape index (κ1) is 23.3. The van der Waals surface area contributed by atoms with Crippen molar-refractivity contribution in [3.63, 3.8) is 0 Å². The fourth-order valence-corrected chi connectivity index (χ4v) is 1.86. The molecule has 0 spiro atoms. The van der Waals surface area contributed by atoms with Gasteiger partial charge in [-0.1, -0.05) is 58.8 Å². The van der Waals surface area contributed by atoms with Gasteiger partial charge in [0.05, 0.1) is 0 Å². The molecule has 1 nitrogen and oxygen atoms in total. The quantitative estimate of drug-likeness (QED) is 0.254. The first-order valence-corrected chi connectivity index (χ1v) is 15.7. The molecule has 121 valence electrons. The average molecular weight is 490 g/mol. The summed E-state index contributed by atoms with van der Waals surface area (Å²) in [6, 6.07) is 0. The van der Waals surface area contributed by atoms with Crippen LogP contribution in [0.5, 0.6) is 0 Å². The van der Waals surface area contributed by atoms with Gasteiger partial charge in [-0.25, -0.2) is 0 Å². The Morgan fingerprint density at radius 1 is 1.10 bits per heavy atom. The number of allylic oxidation sites excluding steroid dienone is 2. The van der Waals surface area contributed by atoms with Crippen LogP contribution in [0.25, 0.3) is 0 Å². The summed E-state index contributed by atoms with van der Waals surface area (Å²) >= 11 is -0.889. The van der Waals surface area contributed by atoms with Crippen molar-refractivity contribution in [3.8, 4) is 0 Å². The molecule has 0 aromatic carbocycles. The van der Waals surface area contributed by atoms with E-state index in [1.54, 1.807) is 0 Å². The zero-order chi connectivity index (χ0) is 15.5. The standard InChI is InChI=1S/C16H30O.2ClH.Ta/c1-3-5-7-9-13-16(12-8-6-4-2)14-10-11-15-17;;;/h10,17H,3-9,11-12,14-15H2,1-2H3;2*1H;/q-2;;;+2/p-2. The summed E-state index contributed by atoms with van der Waals surface area (Å²) < 4.78 is 0. The monoisotopic (exact) mass is 489 g/mol. The van der Waals surface area contributed by atoms with E-state index in [4.69, 9.17) is 23.5 Å². The summed E-state index contributed by atoms with van der Waals surface area (Å²) in [6.45, 7) is 4.76. The van der Waals surface area contributed by atoms with Gasteiger partial charge >= 0.3 is 36.0 Å². The number of aliphatic hydroxyl groups is 1. The van der Waals surface area contributed by atoms with Crippen molar-refractivity contribution in [3.05, 3.63) is 18.1 Å². The molecule has 0 saturated heterocycles. The Hall–Kier alpha value is 1.02. The number of hydrogen-bond donors (Lipinski definition) is 1. The summed E-state index contributed by atoms with van der Waals surface area (Å²) in [6.07, 6.45) is 17.7. The Bertz CT molecular complexity index is 187. The van der Waals surface area contributed by atoms with E-state index in [0.717, 1.165) is 19.3 Å². The van der Waals surface area contributed by atoms with E-state index in [1.807, 2.05) is 0 Å². The maximum atomic E-state index is 8.78. The van der Waals surface area contributed by atoms with E-state index in [1.165, 1.54) is 50.5 Å². The van der Waals surface area contributed by atoms with Gasteiger partial charge in [0, 0.05) is 6.61 Å². The predicted octanol–water partition coefficient (Wildman–Crippen LogP) is 6.23. The van der Waals surface area contributed by atoms with Gasteiger partial charge < -0.3 is 17.6 Å². The summed E-state index contributed by atoms with van der Waals surface area (Å²) in [5.74, 6) is 0. The van der Waals surface area contributed by atoms with Crippen molar-refractivity contribution in [2.75, 3.05) is 6.61 Å². The molecule has 4 heteroatoms. The predicted molar refractivity (Wildman–Crippen MR) is 87.4 cm³/mol. The Morgan fingerprint density at radius 2 is 1.70 bits per heavy atom. The fourth-order valence-electron chi connectivity index (χ4n) is 1.86. The van der Waals surface area contributed by atoms with E-state index in [9.17, 15) is 0 Å². The van der Waals surface area contributed by atoms with Crippen LogP contribution in [-0.2, 0) is 17.6 Å². The van der Waals surface area contributed by atoms with E-state index >= 15 is 0 Å². The van der Waals surface area contributed by atoms with Crippen molar-refractivity contribution < 1.29 is 22.7 Å². The number of unbranched alkanes of at least 4 members (excludes halogenated alkanes) is 6. The normalized spacial score (nSPS) is 10.9. The van der Waals surface area contributed by atoms with Crippen LogP contribution in [0.2, 0.25) is 0 Å². The minimum absolute atomic E-state index is 0.276. The van der Waals surface area contributed by atoms with Crippen LogP contribution in [0.3, 0.4) is 0 Å². The summed E-state index contributed by atoms with van der Waals surface area (Å²) in [5.41, 5.74) is 1.46. The van der Waals surface area contributed by atoms with Gasteiger partial charge in [-0.05, 0) is 0 Å². The summed E-state index contributed by atoms with van der Waals surface area (Å²) in [7, 11) is 9.89. The van der Waals surface area contributed by atoms with Crippen LogP contribution in [0.4, 0.5) is 0 Å². The van der Waals surface area contributed by atoms with Crippen LogP contribution in [-0.4, -0.2) is 11.7 Å². The van der Waals surface area contributed by atoms with Crippen LogP contribution in [0.15, 0.2) is 5.57 Å². The molecular formula is C16H30Cl2OTa-2.